The molecule has 0 saturated carbocycles. The summed E-state index contributed by atoms with van der Waals surface area (Å²) < 4.78 is 1.88. The average molecular weight is 245 g/mol. The molecule has 1 heterocycles. The van der Waals surface area contributed by atoms with Gasteiger partial charge in [-0.05, 0) is 5.56 Å². The monoisotopic (exact) mass is 245 g/mol. The molecule has 0 fully saturated rings. The summed E-state index contributed by atoms with van der Waals surface area (Å²) in [6.45, 7) is 11.2. The quantitative estimate of drug-likeness (QED) is 0.808. The van der Waals surface area contributed by atoms with Gasteiger partial charge >= 0.3 is 0 Å². The van der Waals surface area contributed by atoms with Crippen molar-refractivity contribution in [3.63, 3.8) is 0 Å². The zero-order valence-corrected chi connectivity index (χ0v) is 12.0. The lowest BCUT2D eigenvalue weighted by atomic mass is 9.93. The highest BCUT2D eigenvalue weighted by Gasteiger charge is 2.17. The number of hydrogen-bond donors (Lipinski definition) is 0. The third-order valence-electron chi connectivity index (χ3n) is 2.49. The molecule has 2 rings (SSSR count). The number of hydrogen-bond acceptors (Lipinski definition) is 2. The van der Waals surface area contributed by atoms with Crippen LogP contribution in [-0.2, 0) is 12.0 Å². The first-order valence-electron chi connectivity index (χ1n) is 6.50. The van der Waals surface area contributed by atoms with Gasteiger partial charge in [-0.3, -0.25) is 0 Å². The molecule has 3 nitrogen and oxygen atoms in total. The third kappa shape index (κ3) is 3.99. The normalized spacial score (nSPS) is 10.7. The van der Waals surface area contributed by atoms with Crippen molar-refractivity contribution in [2.45, 2.75) is 46.6 Å². The second-order valence-corrected chi connectivity index (χ2v) is 5.04. The lowest BCUT2D eigenvalue weighted by molar-refractivity contribution is 0.566. The molecule has 0 N–H and O–H groups in total. The molecule has 0 saturated heterocycles. The fraction of sp³-hybridized carbons (Fsp3) is 0.467. The predicted octanol–water partition coefficient (Wildman–Crippen LogP) is 3.65. The van der Waals surface area contributed by atoms with Gasteiger partial charge in [-0.15, -0.1) is 5.10 Å². The topological polar surface area (TPSA) is 30.7 Å². The molecule has 0 atom stereocenters. The zero-order valence-electron chi connectivity index (χ0n) is 12.0. The van der Waals surface area contributed by atoms with Gasteiger partial charge < -0.3 is 0 Å². The molecule has 0 aliphatic rings. The van der Waals surface area contributed by atoms with Crippen molar-refractivity contribution >= 4 is 0 Å². The molecule has 0 aliphatic heterocycles. The van der Waals surface area contributed by atoms with Crippen molar-refractivity contribution < 1.29 is 0 Å². The van der Waals surface area contributed by atoms with Crippen molar-refractivity contribution in [2.24, 2.45) is 0 Å². The lowest BCUT2D eigenvalue weighted by Crippen LogP contribution is -2.11. The van der Waals surface area contributed by atoms with Crippen LogP contribution in [0.1, 0.15) is 45.9 Å². The Kier molecular flexibility index (Phi) is 5.08. The maximum absolute atomic E-state index is 4.20. The summed E-state index contributed by atoms with van der Waals surface area (Å²) in [5, 5.41) is 8.34. The SMILES string of the molecule is CC.CC(C)(C)c1cn(Cc2ccccc2)nn1. The van der Waals surface area contributed by atoms with Crippen LogP contribution in [0.3, 0.4) is 0 Å². The van der Waals surface area contributed by atoms with Gasteiger partial charge in [-0.25, -0.2) is 4.68 Å². The Bertz CT molecular complexity index is 452. The van der Waals surface area contributed by atoms with E-state index in [9.17, 15) is 0 Å². The van der Waals surface area contributed by atoms with Gasteiger partial charge in [0.15, 0.2) is 0 Å². The highest BCUT2D eigenvalue weighted by atomic mass is 15.4. The highest BCUT2D eigenvalue weighted by Crippen LogP contribution is 2.18. The fourth-order valence-corrected chi connectivity index (χ4v) is 1.49. The van der Waals surface area contributed by atoms with E-state index < -0.39 is 0 Å². The summed E-state index contributed by atoms with van der Waals surface area (Å²) in [6, 6.07) is 10.3. The second-order valence-electron chi connectivity index (χ2n) is 5.04. The molecule has 0 aliphatic carbocycles. The van der Waals surface area contributed by atoms with Gasteiger partial charge in [0.05, 0.1) is 12.2 Å². The van der Waals surface area contributed by atoms with Gasteiger partial charge in [0, 0.05) is 11.6 Å². The van der Waals surface area contributed by atoms with Crippen LogP contribution in [0.15, 0.2) is 36.5 Å². The first-order chi connectivity index (χ1) is 8.55. The maximum atomic E-state index is 4.20. The first kappa shape index (κ1) is 14.4. The minimum atomic E-state index is 0.0644. The molecule has 3 heteroatoms. The summed E-state index contributed by atoms with van der Waals surface area (Å²) in [4.78, 5) is 0. The minimum absolute atomic E-state index is 0.0644. The molecular weight excluding hydrogens is 222 g/mol. The van der Waals surface area contributed by atoms with Gasteiger partial charge in [-0.1, -0.05) is 70.2 Å². The molecule has 0 unspecified atom stereocenters. The Morgan fingerprint density at radius 2 is 1.67 bits per heavy atom. The van der Waals surface area contributed by atoms with E-state index in [-0.39, 0.29) is 5.41 Å². The fourth-order valence-electron chi connectivity index (χ4n) is 1.49. The van der Waals surface area contributed by atoms with E-state index >= 15 is 0 Å². The molecule has 18 heavy (non-hydrogen) atoms. The minimum Gasteiger partial charge on any atom is -0.248 e. The van der Waals surface area contributed by atoms with E-state index in [0.717, 1.165) is 12.2 Å². The Labute approximate surface area is 110 Å². The molecule has 1 aromatic carbocycles. The van der Waals surface area contributed by atoms with E-state index in [2.05, 4.69) is 43.2 Å². The van der Waals surface area contributed by atoms with Crippen LogP contribution in [0.25, 0.3) is 0 Å². The van der Waals surface area contributed by atoms with Crippen molar-refractivity contribution in [1.29, 1.82) is 0 Å². The summed E-state index contributed by atoms with van der Waals surface area (Å²) in [6.07, 6.45) is 2.02. The Hall–Kier alpha value is -1.64. The lowest BCUT2D eigenvalue weighted by Gasteiger charge is -2.12. The van der Waals surface area contributed by atoms with Crippen molar-refractivity contribution in [2.75, 3.05) is 0 Å². The van der Waals surface area contributed by atoms with Crippen LogP contribution in [0.2, 0.25) is 0 Å². The van der Waals surface area contributed by atoms with Crippen LogP contribution >= 0.6 is 0 Å². The molecule has 2 aromatic rings. The van der Waals surface area contributed by atoms with Gasteiger partial charge in [0.1, 0.15) is 0 Å². The van der Waals surface area contributed by atoms with Crippen molar-refractivity contribution in [3.8, 4) is 0 Å². The van der Waals surface area contributed by atoms with Crippen molar-refractivity contribution in [3.05, 3.63) is 47.8 Å². The second kappa shape index (κ2) is 6.34. The van der Waals surface area contributed by atoms with Crippen LogP contribution in [0.4, 0.5) is 0 Å². The standard InChI is InChI=1S/C13H17N3.C2H6/c1-13(2,3)12-10-16(15-14-12)9-11-7-5-4-6-8-11;1-2/h4-8,10H,9H2,1-3H3;1-2H3. The van der Waals surface area contributed by atoms with Crippen LogP contribution in [-0.4, -0.2) is 15.0 Å². The zero-order chi connectivity index (χ0) is 13.6. The van der Waals surface area contributed by atoms with E-state index in [0.29, 0.717) is 0 Å². The number of rotatable bonds is 2. The third-order valence-corrected chi connectivity index (χ3v) is 2.49. The molecule has 1 aromatic heterocycles. The summed E-state index contributed by atoms with van der Waals surface area (Å²) in [5.41, 5.74) is 2.34. The van der Waals surface area contributed by atoms with E-state index in [4.69, 9.17) is 0 Å². The van der Waals surface area contributed by atoms with E-state index in [1.54, 1.807) is 0 Å². The molecule has 0 spiro atoms. The van der Waals surface area contributed by atoms with Crippen molar-refractivity contribution in [1.82, 2.24) is 15.0 Å². The van der Waals surface area contributed by atoms with Gasteiger partial charge in [0.2, 0.25) is 0 Å². The van der Waals surface area contributed by atoms with E-state index in [1.807, 2.05) is 42.9 Å². The summed E-state index contributed by atoms with van der Waals surface area (Å²) in [7, 11) is 0. The smallest absolute Gasteiger partial charge is 0.0880 e. The number of aromatic nitrogens is 3. The Balaban J connectivity index is 0.000000771. The number of benzene rings is 1. The molecule has 0 bridgehead atoms. The number of nitrogens with zero attached hydrogens (tertiary/aromatic N) is 3. The Morgan fingerprint density at radius 1 is 1.06 bits per heavy atom. The van der Waals surface area contributed by atoms with E-state index in [1.165, 1.54) is 5.56 Å². The maximum Gasteiger partial charge on any atom is 0.0880 e. The molecule has 98 valence electrons. The largest absolute Gasteiger partial charge is 0.248 e. The molecular formula is C15H23N3. The first-order valence-corrected chi connectivity index (χ1v) is 6.50. The average Bonchev–Trinajstić information content (AvgIpc) is 2.81. The highest BCUT2D eigenvalue weighted by molar-refractivity contribution is 5.15. The molecule has 0 amide bonds. The van der Waals surface area contributed by atoms with Gasteiger partial charge in [-0.2, -0.15) is 0 Å². The van der Waals surface area contributed by atoms with Crippen LogP contribution in [0.5, 0.6) is 0 Å². The predicted molar refractivity (Wildman–Crippen MR) is 75.6 cm³/mol. The van der Waals surface area contributed by atoms with Crippen LogP contribution in [0, 0.1) is 0 Å². The molecule has 0 radical (unpaired) electrons. The van der Waals surface area contributed by atoms with Gasteiger partial charge in [0.25, 0.3) is 0 Å². The summed E-state index contributed by atoms with van der Waals surface area (Å²) >= 11 is 0. The summed E-state index contributed by atoms with van der Waals surface area (Å²) in [5.74, 6) is 0. The Morgan fingerprint density at radius 3 is 2.17 bits per heavy atom. The van der Waals surface area contributed by atoms with Crippen LogP contribution < -0.4 is 0 Å².